The van der Waals surface area contributed by atoms with Crippen molar-refractivity contribution in [3.05, 3.63) is 29.8 Å². The second-order valence-electron chi connectivity index (χ2n) is 5.59. The third-order valence-electron chi connectivity index (χ3n) is 4.07. The second-order valence-corrected chi connectivity index (χ2v) is 5.59. The molecule has 1 saturated heterocycles. The lowest BCUT2D eigenvalue weighted by Crippen LogP contribution is -2.51. The van der Waals surface area contributed by atoms with Gasteiger partial charge in [-0.3, -0.25) is 4.79 Å². The minimum absolute atomic E-state index is 0.319. The van der Waals surface area contributed by atoms with Gasteiger partial charge in [0.1, 0.15) is 5.54 Å². The Balaban J connectivity index is 2.06. The highest BCUT2D eigenvalue weighted by molar-refractivity contribution is 5.98. The maximum absolute atomic E-state index is 12.2. The molecule has 2 rings (SSSR count). The normalized spacial score (nSPS) is 17.6. The van der Waals surface area contributed by atoms with Crippen LogP contribution in [-0.2, 0) is 9.53 Å². The maximum atomic E-state index is 12.2. The first kappa shape index (κ1) is 16.3. The fourth-order valence-electron chi connectivity index (χ4n) is 2.26. The minimum Gasteiger partial charge on any atom is -0.480 e. The van der Waals surface area contributed by atoms with Crippen LogP contribution in [0.15, 0.2) is 24.3 Å². The number of nitrogens with one attached hydrogen (secondary N) is 1. The van der Waals surface area contributed by atoms with E-state index in [-0.39, 0.29) is 5.91 Å². The van der Waals surface area contributed by atoms with E-state index in [1.807, 2.05) is 12.1 Å². The molecule has 0 aliphatic carbocycles. The van der Waals surface area contributed by atoms with E-state index in [1.165, 1.54) is 6.92 Å². The Morgan fingerprint density at radius 2 is 1.86 bits per heavy atom. The smallest absolute Gasteiger partial charge is 0.329 e. The topological polar surface area (TPSA) is 78.9 Å². The number of carbonyl (C=O) groups excluding carboxylic acids is 1. The van der Waals surface area contributed by atoms with E-state index in [4.69, 9.17) is 4.74 Å². The Morgan fingerprint density at radius 1 is 1.27 bits per heavy atom. The van der Waals surface area contributed by atoms with Crippen molar-refractivity contribution in [3.63, 3.8) is 0 Å². The second kappa shape index (κ2) is 6.79. The van der Waals surface area contributed by atoms with Crippen LogP contribution >= 0.6 is 0 Å². The van der Waals surface area contributed by atoms with Gasteiger partial charge in [0, 0.05) is 24.3 Å². The van der Waals surface area contributed by atoms with Gasteiger partial charge in [0.25, 0.3) is 5.91 Å². The fourth-order valence-corrected chi connectivity index (χ4v) is 2.26. The standard InChI is InChI=1S/C16H22N2O4/c1-3-16(2,15(20)21)17-14(19)12-4-6-13(7-5-12)18-8-10-22-11-9-18/h4-7H,3,8-11H2,1-2H3,(H,17,19)(H,20,21). The van der Waals surface area contributed by atoms with Gasteiger partial charge in [0.05, 0.1) is 13.2 Å². The summed E-state index contributed by atoms with van der Waals surface area (Å²) in [7, 11) is 0. The number of hydrogen-bond acceptors (Lipinski definition) is 4. The number of hydrogen-bond donors (Lipinski definition) is 2. The number of morpholine rings is 1. The molecule has 1 aliphatic rings. The van der Waals surface area contributed by atoms with Gasteiger partial charge in [-0.05, 0) is 37.6 Å². The molecule has 2 N–H and O–H groups in total. The Hall–Kier alpha value is -2.08. The largest absolute Gasteiger partial charge is 0.480 e. The molecule has 0 saturated carbocycles. The lowest BCUT2D eigenvalue weighted by molar-refractivity contribution is -0.143. The van der Waals surface area contributed by atoms with Crippen molar-refractivity contribution in [2.75, 3.05) is 31.2 Å². The number of amides is 1. The summed E-state index contributed by atoms with van der Waals surface area (Å²) in [5.41, 5.74) is 0.245. The van der Waals surface area contributed by atoms with Crippen molar-refractivity contribution in [3.8, 4) is 0 Å². The zero-order chi connectivity index (χ0) is 16.2. The highest BCUT2D eigenvalue weighted by Gasteiger charge is 2.33. The molecular formula is C16H22N2O4. The molecule has 6 heteroatoms. The van der Waals surface area contributed by atoms with Crippen molar-refractivity contribution in [2.24, 2.45) is 0 Å². The van der Waals surface area contributed by atoms with E-state index in [9.17, 15) is 14.7 Å². The summed E-state index contributed by atoms with van der Waals surface area (Å²) in [5.74, 6) is -1.41. The molecule has 1 amide bonds. The Bertz CT molecular complexity index is 538. The SMILES string of the molecule is CCC(C)(NC(=O)c1ccc(N2CCOCC2)cc1)C(=O)O. The molecule has 120 valence electrons. The highest BCUT2D eigenvalue weighted by Crippen LogP contribution is 2.17. The third kappa shape index (κ3) is 3.57. The van der Waals surface area contributed by atoms with Gasteiger partial charge >= 0.3 is 5.97 Å². The van der Waals surface area contributed by atoms with Crippen LogP contribution in [0, 0.1) is 0 Å². The summed E-state index contributed by atoms with van der Waals surface area (Å²) in [5, 5.41) is 11.8. The zero-order valence-electron chi connectivity index (χ0n) is 13.0. The number of carbonyl (C=O) groups is 2. The van der Waals surface area contributed by atoms with E-state index in [1.54, 1.807) is 19.1 Å². The fraction of sp³-hybridized carbons (Fsp3) is 0.500. The molecule has 6 nitrogen and oxygen atoms in total. The number of anilines is 1. The Morgan fingerprint density at radius 3 is 2.36 bits per heavy atom. The summed E-state index contributed by atoms with van der Waals surface area (Å²) in [6.45, 7) is 6.31. The Kier molecular flexibility index (Phi) is 5.03. The van der Waals surface area contributed by atoms with Crippen LogP contribution < -0.4 is 10.2 Å². The van der Waals surface area contributed by atoms with Crippen LogP contribution in [0.3, 0.4) is 0 Å². The average molecular weight is 306 g/mol. The van der Waals surface area contributed by atoms with Crippen LogP contribution in [0.4, 0.5) is 5.69 Å². The van der Waals surface area contributed by atoms with Gasteiger partial charge in [-0.15, -0.1) is 0 Å². The van der Waals surface area contributed by atoms with E-state index < -0.39 is 11.5 Å². The molecule has 0 bridgehead atoms. The van der Waals surface area contributed by atoms with Crippen LogP contribution in [-0.4, -0.2) is 48.8 Å². The lowest BCUT2D eigenvalue weighted by Gasteiger charge is -2.29. The van der Waals surface area contributed by atoms with Crippen molar-refractivity contribution >= 4 is 17.6 Å². The predicted molar refractivity (Wildman–Crippen MR) is 83.3 cm³/mol. The Labute approximate surface area is 130 Å². The van der Waals surface area contributed by atoms with Crippen molar-refractivity contribution in [2.45, 2.75) is 25.8 Å². The number of rotatable bonds is 5. The van der Waals surface area contributed by atoms with E-state index in [0.717, 1.165) is 18.8 Å². The average Bonchev–Trinajstić information content (AvgIpc) is 2.55. The molecule has 0 aromatic heterocycles. The first-order valence-electron chi connectivity index (χ1n) is 7.45. The monoisotopic (exact) mass is 306 g/mol. The quantitative estimate of drug-likeness (QED) is 0.862. The van der Waals surface area contributed by atoms with Gasteiger partial charge in [0.2, 0.25) is 0 Å². The minimum atomic E-state index is -1.25. The lowest BCUT2D eigenvalue weighted by atomic mass is 9.98. The van der Waals surface area contributed by atoms with Gasteiger partial charge in [0.15, 0.2) is 0 Å². The van der Waals surface area contributed by atoms with Crippen LogP contribution in [0.2, 0.25) is 0 Å². The molecule has 1 aromatic carbocycles. The number of ether oxygens (including phenoxy) is 1. The van der Waals surface area contributed by atoms with E-state index in [0.29, 0.717) is 25.2 Å². The highest BCUT2D eigenvalue weighted by atomic mass is 16.5. The molecule has 0 radical (unpaired) electrons. The number of benzene rings is 1. The van der Waals surface area contributed by atoms with Gasteiger partial charge < -0.3 is 20.1 Å². The summed E-state index contributed by atoms with van der Waals surface area (Å²) >= 11 is 0. The van der Waals surface area contributed by atoms with Crippen molar-refractivity contribution in [1.29, 1.82) is 0 Å². The molecule has 1 heterocycles. The molecule has 1 atom stereocenters. The first-order chi connectivity index (χ1) is 10.5. The molecule has 1 fully saturated rings. The van der Waals surface area contributed by atoms with Crippen LogP contribution in [0.5, 0.6) is 0 Å². The number of carboxylic acid groups (broad SMARTS) is 1. The number of aliphatic carboxylic acids is 1. The van der Waals surface area contributed by atoms with Gasteiger partial charge in [-0.25, -0.2) is 4.79 Å². The predicted octanol–water partition coefficient (Wildman–Crippen LogP) is 1.51. The number of carboxylic acids is 1. The van der Waals surface area contributed by atoms with Gasteiger partial charge in [-0.1, -0.05) is 6.92 Å². The van der Waals surface area contributed by atoms with Crippen LogP contribution in [0.25, 0.3) is 0 Å². The summed E-state index contributed by atoms with van der Waals surface area (Å²) < 4.78 is 5.31. The van der Waals surface area contributed by atoms with Gasteiger partial charge in [-0.2, -0.15) is 0 Å². The van der Waals surface area contributed by atoms with Crippen molar-refractivity contribution < 1.29 is 19.4 Å². The van der Waals surface area contributed by atoms with Crippen LogP contribution in [0.1, 0.15) is 30.6 Å². The molecule has 22 heavy (non-hydrogen) atoms. The molecule has 0 spiro atoms. The molecule has 1 aliphatic heterocycles. The number of nitrogens with zero attached hydrogens (tertiary/aromatic N) is 1. The van der Waals surface area contributed by atoms with Crippen molar-refractivity contribution in [1.82, 2.24) is 5.32 Å². The van der Waals surface area contributed by atoms with E-state index in [2.05, 4.69) is 10.2 Å². The molecular weight excluding hydrogens is 284 g/mol. The van der Waals surface area contributed by atoms with E-state index >= 15 is 0 Å². The summed E-state index contributed by atoms with van der Waals surface area (Å²) in [6, 6.07) is 7.20. The molecule has 1 aromatic rings. The third-order valence-corrected chi connectivity index (χ3v) is 4.07. The zero-order valence-corrected chi connectivity index (χ0v) is 13.0. The summed E-state index contributed by atoms with van der Waals surface area (Å²) in [6.07, 6.45) is 0.319. The molecule has 1 unspecified atom stereocenters. The first-order valence-corrected chi connectivity index (χ1v) is 7.45. The maximum Gasteiger partial charge on any atom is 0.329 e. The summed E-state index contributed by atoms with van der Waals surface area (Å²) in [4.78, 5) is 25.6.